The summed E-state index contributed by atoms with van der Waals surface area (Å²) in [5.74, 6) is -0.101. The van der Waals surface area contributed by atoms with E-state index in [4.69, 9.17) is 4.74 Å². The minimum Gasteiger partial charge on any atom is -0.467 e. The van der Waals surface area contributed by atoms with Gasteiger partial charge in [-0.25, -0.2) is 4.79 Å². The van der Waals surface area contributed by atoms with Crippen molar-refractivity contribution in [2.75, 3.05) is 13.7 Å². The van der Waals surface area contributed by atoms with E-state index in [-0.39, 0.29) is 11.9 Å². The van der Waals surface area contributed by atoms with Crippen LogP contribution in [0, 0.1) is 5.92 Å². The standard InChI is InChI=1S/C10H20O3/c1-5-6-7-13-9(8(2)3)10(11)12-4/h8-9H,5-7H2,1-4H3/t9-/m0/s1. The third-order valence-electron chi connectivity index (χ3n) is 1.83. The molecule has 0 radical (unpaired) electrons. The predicted octanol–water partition coefficient (Wildman–Crippen LogP) is 2.00. The molecule has 0 rings (SSSR count). The first-order valence-electron chi connectivity index (χ1n) is 4.82. The molecule has 78 valence electrons. The molecule has 0 saturated carbocycles. The number of hydrogen-bond donors (Lipinski definition) is 0. The largest absolute Gasteiger partial charge is 0.467 e. The Balaban J connectivity index is 3.88. The van der Waals surface area contributed by atoms with E-state index in [2.05, 4.69) is 11.7 Å². The van der Waals surface area contributed by atoms with E-state index >= 15 is 0 Å². The Hall–Kier alpha value is -0.570. The van der Waals surface area contributed by atoms with Crippen molar-refractivity contribution in [1.29, 1.82) is 0 Å². The highest BCUT2D eigenvalue weighted by molar-refractivity contribution is 5.74. The van der Waals surface area contributed by atoms with Crippen LogP contribution >= 0.6 is 0 Å². The highest BCUT2D eigenvalue weighted by Gasteiger charge is 2.23. The summed E-state index contributed by atoms with van der Waals surface area (Å²) in [6.07, 6.45) is 1.66. The average molecular weight is 188 g/mol. The molecule has 3 heteroatoms. The summed E-state index contributed by atoms with van der Waals surface area (Å²) in [4.78, 5) is 11.2. The summed E-state index contributed by atoms with van der Waals surface area (Å²) in [6.45, 7) is 6.63. The van der Waals surface area contributed by atoms with Crippen molar-refractivity contribution in [2.24, 2.45) is 5.92 Å². The third-order valence-corrected chi connectivity index (χ3v) is 1.83. The lowest BCUT2D eigenvalue weighted by Crippen LogP contribution is -2.31. The Morgan fingerprint density at radius 2 is 2.00 bits per heavy atom. The maximum absolute atomic E-state index is 11.2. The van der Waals surface area contributed by atoms with E-state index in [1.165, 1.54) is 7.11 Å². The van der Waals surface area contributed by atoms with Gasteiger partial charge in [0.05, 0.1) is 7.11 Å². The van der Waals surface area contributed by atoms with Crippen molar-refractivity contribution in [3.05, 3.63) is 0 Å². The summed E-state index contributed by atoms with van der Waals surface area (Å²) < 4.78 is 10.1. The second kappa shape index (κ2) is 6.89. The molecule has 0 fully saturated rings. The first-order valence-corrected chi connectivity index (χ1v) is 4.82. The van der Waals surface area contributed by atoms with Gasteiger partial charge in [0.25, 0.3) is 0 Å². The van der Waals surface area contributed by atoms with Crippen LogP contribution in [0.5, 0.6) is 0 Å². The minimum atomic E-state index is -0.406. The van der Waals surface area contributed by atoms with E-state index in [9.17, 15) is 4.79 Å². The molecule has 0 bridgehead atoms. The maximum Gasteiger partial charge on any atom is 0.335 e. The number of hydrogen-bond acceptors (Lipinski definition) is 3. The molecule has 0 aromatic carbocycles. The molecule has 0 aliphatic heterocycles. The van der Waals surface area contributed by atoms with Crippen LogP contribution in [0.15, 0.2) is 0 Å². The normalized spacial score (nSPS) is 13.0. The number of unbranched alkanes of at least 4 members (excludes halogenated alkanes) is 1. The van der Waals surface area contributed by atoms with E-state index in [1.54, 1.807) is 0 Å². The Morgan fingerprint density at radius 1 is 1.38 bits per heavy atom. The molecular formula is C10H20O3. The Bertz CT molecular complexity index is 143. The lowest BCUT2D eigenvalue weighted by Gasteiger charge is -2.18. The number of esters is 1. The SMILES string of the molecule is CCCCO[C@H](C(=O)OC)C(C)C. The van der Waals surface area contributed by atoms with Crippen LogP contribution in [0.25, 0.3) is 0 Å². The lowest BCUT2D eigenvalue weighted by molar-refractivity contribution is -0.157. The average Bonchev–Trinajstić information content (AvgIpc) is 2.11. The van der Waals surface area contributed by atoms with Gasteiger partial charge in [-0.05, 0) is 12.3 Å². The first-order chi connectivity index (χ1) is 6.13. The molecule has 13 heavy (non-hydrogen) atoms. The summed E-state index contributed by atoms with van der Waals surface area (Å²) >= 11 is 0. The molecule has 0 unspecified atom stereocenters. The molecule has 1 atom stereocenters. The molecule has 0 aromatic rings. The van der Waals surface area contributed by atoms with E-state index in [0.29, 0.717) is 6.61 Å². The highest BCUT2D eigenvalue weighted by atomic mass is 16.6. The van der Waals surface area contributed by atoms with Crippen molar-refractivity contribution < 1.29 is 14.3 Å². The van der Waals surface area contributed by atoms with Crippen LogP contribution in [0.4, 0.5) is 0 Å². The molecular weight excluding hydrogens is 168 g/mol. The molecule has 0 N–H and O–H groups in total. The number of carbonyl (C=O) groups excluding carboxylic acids is 1. The number of rotatable bonds is 6. The van der Waals surface area contributed by atoms with Gasteiger partial charge in [-0.15, -0.1) is 0 Å². The molecule has 0 saturated heterocycles. The van der Waals surface area contributed by atoms with Crippen LogP contribution in [0.1, 0.15) is 33.6 Å². The van der Waals surface area contributed by atoms with Crippen LogP contribution in [0.2, 0.25) is 0 Å². The Labute approximate surface area is 80.4 Å². The fourth-order valence-electron chi connectivity index (χ4n) is 1.00. The third kappa shape index (κ3) is 4.88. The van der Waals surface area contributed by atoms with Gasteiger partial charge in [0.15, 0.2) is 6.10 Å². The number of ether oxygens (including phenoxy) is 2. The van der Waals surface area contributed by atoms with Crippen LogP contribution < -0.4 is 0 Å². The van der Waals surface area contributed by atoms with Crippen LogP contribution in [-0.2, 0) is 14.3 Å². The van der Waals surface area contributed by atoms with Gasteiger partial charge in [0, 0.05) is 6.61 Å². The lowest BCUT2D eigenvalue weighted by atomic mass is 10.1. The van der Waals surface area contributed by atoms with Gasteiger partial charge < -0.3 is 9.47 Å². The van der Waals surface area contributed by atoms with Crippen LogP contribution in [-0.4, -0.2) is 25.8 Å². The van der Waals surface area contributed by atoms with Crippen molar-refractivity contribution in [1.82, 2.24) is 0 Å². The van der Waals surface area contributed by atoms with Crippen molar-refractivity contribution in [3.8, 4) is 0 Å². The van der Waals surface area contributed by atoms with Crippen molar-refractivity contribution in [3.63, 3.8) is 0 Å². The molecule has 0 aromatic heterocycles. The minimum absolute atomic E-state index is 0.171. The number of methoxy groups -OCH3 is 1. The zero-order valence-corrected chi connectivity index (χ0v) is 9.00. The fourth-order valence-corrected chi connectivity index (χ4v) is 1.00. The second-order valence-corrected chi connectivity index (χ2v) is 3.41. The van der Waals surface area contributed by atoms with Gasteiger partial charge in [-0.2, -0.15) is 0 Å². The summed E-state index contributed by atoms with van der Waals surface area (Å²) in [5.41, 5.74) is 0. The van der Waals surface area contributed by atoms with E-state index < -0.39 is 6.10 Å². The topological polar surface area (TPSA) is 35.5 Å². The summed E-state index contributed by atoms with van der Waals surface area (Å²) in [7, 11) is 1.39. The molecule has 0 aliphatic rings. The first kappa shape index (κ1) is 12.4. The van der Waals surface area contributed by atoms with Crippen LogP contribution in [0.3, 0.4) is 0 Å². The Kier molecular flexibility index (Phi) is 6.59. The maximum atomic E-state index is 11.2. The number of carbonyl (C=O) groups is 1. The molecule has 0 spiro atoms. The monoisotopic (exact) mass is 188 g/mol. The smallest absolute Gasteiger partial charge is 0.335 e. The quantitative estimate of drug-likeness (QED) is 0.472. The molecule has 3 nitrogen and oxygen atoms in total. The van der Waals surface area contributed by atoms with Crippen molar-refractivity contribution in [2.45, 2.75) is 39.7 Å². The van der Waals surface area contributed by atoms with Gasteiger partial charge in [0.1, 0.15) is 0 Å². The predicted molar refractivity (Wildman–Crippen MR) is 51.5 cm³/mol. The van der Waals surface area contributed by atoms with Gasteiger partial charge in [-0.1, -0.05) is 27.2 Å². The Morgan fingerprint density at radius 3 is 2.38 bits per heavy atom. The van der Waals surface area contributed by atoms with Crippen molar-refractivity contribution >= 4 is 5.97 Å². The summed E-state index contributed by atoms with van der Waals surface area (Å²) in [5, 5.41) is 0. The van der Waals surface area contributed by atoms with Gasteiger partial charge >= 0.3 is 5.97 Å². The fraction of sp³-hybridized carbons (Fsp3) is 0.900. The zero-order valence-electron chi connectivity index (χ0n) is 9.00. The van der Waals surface area contributed by atoms with Gasteiger partial charge in [-0.3, -0.25) is 0 Å². The second-order valence-electron chi connectivity index (χ2n) is 3.41. The van der Waals surface area contributed by atoms with Gasteiger partial charge in [0.2, 0.25) is 0 Å². The van der Waals surface area contributed by atoms with E-state index in [1.807, 2.05) is 13.8 Å². The molecule has 0 aliphatic carbocycles. The highest BCUT2D eigenvalue weighted by Crippen LogP contribution is 2.09. The molecule has 0 heterocycles. The van der Waals surface area contributed by atoms with E-state index in [0.717, 1.165) is 12.8 Å². The summed E-state index contributed by atoms with van der Waals surface area (Å²) in [6, 6.07) is 0. The molecule has 0 amide bonds. The zero-order chi connectivity index (χ0) is 10.3.